The molecule has 0 radical (unpaired) electrons. The van der Waals surface area contributed by atoms with E-state index < -0.39 is 21.6 Å². The summed E-state index contributed by atoms with van der Waals surface area (Å²) in [7, 11) is -3.65. The van der Waals surface area contributed by atoms with Crippen LogP contribution in [0.3, 0.4) is 0 Å². The first kappa shape index (κ1) is 26.4. The van der Waals surface area contributed by atoms with Crippen LogP contribution in [0.4, 0.5) is 21.5 Å². The summed E-state index contributed by atoms with van der Waals surface area (Å²) in [6.07, 6.45) is 1.04. The van der Waals surface area contributed by atoms with Crippen LogP contribution < -0.4 is 15.5 Å². The second-order valence-electron chi connectivity index (χ2n) is 8.72. The number of anilines is 3. The van der Waals surface area contributed by atoms with Gasteiger partial charge in [0.05, 0.1) is 21.3 Å². The Balaban J connectivity index is 1.50. The Bertz CT molecular complexity index is 1430. The average Bonchev–Trinajstić information content (AvgIpc) is 2.88. The molecule has 2 N–H and O–H groups in total. The summed E-state index contributed by atoms with van der Waals surface area (Å²) in [5.41, 5.74) is 7.39. The molecule has 0 bridgehead atoms. The molecule has 194 valence electrons. The lowest BCUT2D eigenvalue weighted by Gasteiger charge is -2.37. The summed E-state index contributed by atoms with van der Waals surface area (Å²) >= 11 is 6.00. The van der Waals surface area contributed by atoms with E-state index in [1.807, 2.05) is 11.0 Å². The van der Waals surface area contributed by atoms with Crippen molar-refractivity contribution in [2.45, 2.75) is 4.90 Å². The second kappa shape index (κ2) is 10.8. The minimum Gasteiger partial charge on any atom is -0.398 e. The molecule has 0 atom stereocenters. The lowest BCUT2D eigenvalue weighted by Crippen LogP contribution is -2.52. The number of piperazine rings is 1. The molecule has 1 heterocycles. The maximum Gasteiger partial charge on any atom is 0.258 e. The number of amides is 2. The quantitative estimate of drug-likeness (QED) is 0.477. The lowest BCUT2D eigenvalue weighted by molar-refractivity contribution is -0.129. The van der Waals surface area contributed by atoms with Crippen LogP contribution in [0, 0.1) is 5.82 Å². The first-order valence-corrected chi connectivity index (χ1v) is 13.8. The van der Waals surface area contributed by atoms with E-state index in [1.165, 1.54) is 29.2 Å². The number of carbonyl (C=O) groups excluding carboxylic acids is 2. The zero-order valence-electron chi connectivity index (χ0n) is 20.1. The fourth-order valence-corrected chi connectivity index (χ4v) is 5.22. The maximum absolute atomic E-state index is 13.7. The van der Waals surface area contributed by atoms with Gasteiger partial charge in [0.25, 0.3) is 5.91 Å². The highest BCUT2D eigenvalue weighted by molar-refractivity contribution is 7.90. The fraction of sp³-hybridized carbons (Fsp3) is 0.231. The van der Waals surface area contributed by atoms with Gasteiger partial charge in [-0.1, -0.05) is 29.8 Å². The van der Waals surface area contributed by atoms with Crippen molar-refractivity contribution in [2.24, 2.45) is 0 Å². The van der Waals surface area contributed by atoms with E-state index in [4.69, 9.17) is 17.3 Å². The Morgan fingerprint density at radius 3 is 2.30 bits per heavy atom. The van der Waals surface area contributed by atoms with Crippen LogP contribution in [-0.4, -0.2) is 64.1 Å². The third-order valence-electron chi connectivity index (χ3n) is 6.14. The molecule has 3 aromatic carbocycles. The third-order valence-corrected chi connectivity index (χ3v) is 7.61. The predicted molar refractivity (Wildman–Crippen MR) is 142 cm³/mol. The van der Waals surface area contributed by atoms with Gasteiger partial charge in [0, 0.05) is 43.7 Å². The summed E-state index contributed by atoms with van der Waals surface area (Å²) in [5, 5.41) is 0.331. The van der Waals surface area contributed by atoms with Crippen LogP contribution in [0.1, 0.15) is 10.4 Å². The monoisotopic (exact) mass is 544 g/mol. The van der Waals surface area contributed by atoms with Crippen molar-refractivity contribution in [1.82, 2.24) is 4.90 Å². The maximum atomic E-state index is 13.7. The molecule has 4 rings (SSSR count). The van der Waals surface area contributed by atoms with E-state index in [-0.39, 0.29) is 23.0 Å². The number of rotatable bonds is 6. The van der Waals surface area contributed by atoms with Crippen LogP contribution in [0.5, 0.6) is 0 Å². The molecule has 37 heavy (non-hydrogen) atoms. The minimum atomic E-state index is -3.65. The highest BCUT2D eigenvalue weighted by Gasteiger charge is 2.28. The Labute approximate surface area is 219 Å². The molecule has 0 saturated carbocycles. The van der Waals surface area contributed by atoms with Crippen LogP contribution in [0.25, 0.3) is 0 Å². The molecular weight excluding hydrogens is 519 g/mol. The predicted octanol–water partition coefficient (Wildman–Crippen LogP) is 3.46. The molecule has 1 fully saturated rings. The number of sulfone groups is 1. The number of halogens is 2. The van der Waals surface area contributed by atoms with Gasteiger partial charge < -0.3 is 15.5 Å². The van der Waals surface area contributed by atoms with Gasteiger partial charge in [-0.2, -0.15) is 0 Å². The topological polar surface area (TPSA) is 104 Å². The number of carbonyl (C=O) groups is 2. The van der Waals surface area contributed by atoms with Gasteiger partial charge in [0.15, 0.2) is 9.84 Å². The molecule has 0 unspecified atom stereocenters. The van der Waals surface area contributed by atoms with Crippen molar-refractivity contribution in [1.29, 1.82) is 0 Å². The Hall–Kier alpha value is -3.63. The number of benzene rings is 3. The van der Waals surface area contributed by atoms with E-state index in [9.17, 15) is 22.4 Å². The Kier molecular flexibility index (Phi) is 7.70. The first-order chi connectivity index (χ1) is 17.5. The molecule has 1 aliphatic rings. The van der Waals surface area contributed by atoms with E-state index in [1.54, 1.807) is 35.2 Å². The van der Waals surface area contributed by atoms with Crippen LogP contribution in [-0.2, 0) is 14.6 Å². The van der Waals surface area contributed by atoms with Crippen molar-refractivity contribution in [3.63, 3.8) is 0 Å². The molecule has 11 heteroatoms. The van der Waals surface area contributed by atoms with Gasteiger partial charge >= 0.3 is 0 Å². The number of nitrogens with two attached hydrogens (primary N) is 1. The lowest BCUT2D eigenvalue weighted by atomic mass is 10.1. The smallest absolute Gasteiger partial charge is 0.258 e. The molecule has 8 nitrogen and oxygen atoms in total. The molecule has 0 aliphatic carbocycles. The van der Waals surface area contributed by atoms with Crippen molar-refractivity contribution < 1.29 is 22.4 Å². The van der Waals surface area contributed by atoms with E-state index in [2.05, 4.69) is 0 Å². The largest absolute Gasteiger partial charge is 0.398 e. The molecule has 0 spiro atoms. The van der Waals surface area contributed by atoms with Crippen LogP contribution in [0.2, 0.25) is 5.02 Å². The van der Waals surface area contributed by atoms with Gasteiger partial charge in [-0.05, 0) is 48.5 Å². The summed E-state index contributed by atoms with van der Waals surface area (Å²) in [5.74, 6) is -1.29. The SMILES string of the molecule is CS(=O)(=O)c1cc(F)ccc1N1CCN(C(=O)CN(C(=O)c2ccc(Cl)c(N)c2)c2ccccc2)CC1. The zero-order valence-corrected chi connectivity index (χ0v) is 21.7. The number of hydrogen-bond acceptors (Lipinski definition) is 6. The van der Waals surface area contributed by atoms with Crippen molar-refractivity contribution >= 4 is 50.3 Å². The summed E-state index contributed by atoms with van der Waals surface area (Å²) < 4.78 is 38.1. The molecule has 2 amide bonds. The van der Waals surface area contributed by atoms with E-state index >= 15 is 0 Å². The molecular formula is C26H26ClFN4O4S. The number of nitrogen functional groups attached to an aromatic ring is 1. The Morgan fingerprint density at radius 1 is 1.00 bits per heavy atom. The van der Waals surface area contributed by atoms with Crippen LogP contribution >= 0.6 is 11.6 Å². The van der Waals surface area contributed by atoms with E-state index in [0.717, 1.165) is 12.3 Å². The molecule has 3 aromatic rings. The van der Waals surface area contributed by atoms with Gasteiger partial charge in [-0.15, -0.1) is 0 Å². The van der Waals surface area contributed by atoms with Crippen LogP contribution in [0.15, 0.2) is 71.6 Å². The zero-order chi connectivity index (χ0) is 26.7. The fourth-order valence-electron chi connectivity index (χ4n) is 4.20. The third kappa shape index (κ3) is 6.03. The first-order valence-electron chi connectivity index (χ1n) is 11.5. The Morgan fingerprint density at radius 2 is 1.68 bits per heavy atom. The van der Waals surface area contributed by atoms with Gasteiger partial charge in [0.1, 0.15) is 12.4 Å². The average molecular weight is 545 g/mol. The summed E-state index contributed by atoms with van der Waals surface area (Å²) in [6.45, 7) is 1.13. The molecule has 0 aromatic heterocycles. The number of para-hydroxylation sites is 1. The normalized spacial score (nSPS) is 13.9. The van der Waals surface area contributed by atoms with Gasteiger partial charge in [-0.25, -0.2) is 12.8 Å². The number of hydrogen-bond donors (Lipinski definition) is 1. The summed E-state index contributed by atoms with van der Waals surface area (Å²) in [6, 6.07) is 17.1. The highest BCUT2D eigenvalue weighted by atomic mass is 35.5. The minimum absolute atomic E-state index is 0.0876. The molecule has 1 aliphatic heterocycles. The van der Waals surface area contributed by atoms with Crippen molar-refractivity contribution in [3.8, 4) is 0 Å². The van der Waals surface area contributed by atoms with E-state index in [0.29, 0.717) is 48.1 Å². The second-order valence-corrected chi connectivity index (χ2v) is 11.1. The van der Waals surface area contributed by atoms with Crippen molar-refractivity contribution in [2.75, 3.05) is 54.5 Å². The summed E-state index contributed by atoms with van der Waals surface area (Å²) in [4.78, 5) is 31.4. The van der Waals surface area contributed by atoms with Crippen molar-refractivity contribution in [3.05, 3.63) is 83.1 Å². The van der Waals surface area contributed by atoms with Gasteiger partial charge in [0.2, 0.25) is 5.91 Å². The van der Waals surface area contributed by atoms with Gasteiger partial charge in [-0.3, -0.25) is 14.5 Å². The standard InChI is InChI=1S/C26H26ClFN4O4S/c1-37(35,36)24-16-19(28)8-10-23(24)30-11-13-31(14-12-30)25(33)17-32(20-5-3-2-4-6-20)26(34)18-7-9-21(27)22(29)15-18/h2-10,15-16H,11-14,17,29H2,1H3. The molecule has 1 saturated heterocycles. The highest BCUT2D eigenvalue weighted by Crippen LogP contribution is 2.28. The number of nitrogens with zero attached hydrogens (tertiary/aromatic N) is 3.